The van der Waals surface area contributed by atoms with E-state index in [4.69, 9.17) is 15.9 Å². The van der Waals surface area contributed by atoms with Crippen LogP contribution in [0.2, 0.25) is 0 Å². The number of halogens is 4. The summed E-state index contributed by atoms with van der Waals surface area (Å²) in [6, 6.07) is 1.74. The molecule has 19 heavy (non-hydrogen) atoms. The largest absolute Gasteiger partial charge is 0.478 e. The lowest BCUT2D eigenvalue weighted by Crippen LogP contribution is -2.35. The second-order valence-electron chi connectivity index (χ2n) is 3.63. The number of hydrogen-bond donors (Lipinski definition) is 4. The Labute approximate surface area is 104 Å². The highest BCUT2D eigenvalue weighted by Gasteiger charge is 2.38. The third kappa shape index (κ3) is 3.47. The van der Waals surface area contributed by atoms with Crippen molar-refractivity contribution in [2.75, 3.05) is 17.6 Å². The third-order valence-electron chi connectivity index (χ3n) is 2.27. The van der Waals surface area contributed by atoms with Gasteiger partial charge in [0.25, 0.3) is 0 Å². The number of nitrogen functional groups attached to an aromatic ring is 1. The molecule has 106 valence electrons. The number of alkyl halides is 3. The van der Waals surface area contributed by atoms with Gasteiger partial charge in [0.15, 0.2) is 6.10 Å². The summed E-state index contributed by atoms with van der Waals surface area (Å²) >= 11 is 0. The van der Waals surface area contributed by atoms with Gasteiger partial charge < -0.3 is 21.3 Å². The number of carboxylic acid groups (broad SMARTS) is 1. The smallest absolute Gasteiger partial charge is 0.416 e. The molecular formula is C10H10F4N2O3. The predicted octanol–water partition coefficient (Wildman–Crippen LogP) is 1.44. The molecule has 0 saturated heterocycles. The predicted molar refractivity (Wildman–Crippen MR) is 58.3 cm³/mol. The van der Waals surface area contributed by atoms with E-state index >= 15 is 0 Å². The van der Waals surface area contributed by atoms with Gasteiger partial charge in [0, 0.05) is 6.54 Å². The second-order valence-corrected chi connectivity index (χ2v) is 3.63. The lowest BCUT2D eigenvalue weighted by Gasteiger charge is -2.17. The van der Waals surface area contributed by atoms with Crippen molar-refractivity contribution in [1.29, 1.82) is 0 Å². The van der Waals surface area contributed by atoms with Gasteiger partial charge in [-0.25, -0.2) is 9.18 Å². The summed E-state index contributed by atoms with van der Waals surface area (Å²) in [7, 11) is 0. The fourth-order valence-corrected chi connectivity index (χ4v) is 1.29. The monoisotopic (exact) mass is 282 g/mol. The highest BCUT2D eigenvalue weighted by molar-refractivity contribution is 6.00. The maximum atomic E-state index is 13.1. The van der Waals surface area contributed by atoms with Crippen molar-refractivity contribution in [2.45, 2.75) is 12.3 Å². The molecule has 0 aliphatic heterocycles. The number of carboxylic acids is 1. The van der Waals surface area contributed by atoms with E-state index in [1.54, 1.807) is 0 Å². The number of rotatable bonds is 4. The van der Waals surface area contributed by atoms with Gasteiger partial charge in [0.05, 0.1) is 11.4 Å². The van der Waals surface area contributed by atoms with Crippen LogP contribution in [0.1, 0.15) is 10.4 Å². The summed E-state index contributed by atoms with van der Waals surface area (Å²) in [4.78, 5) is 10.9. The summed E-state index contributed by atoms with van der Waals surface area (Å²) < 4.78 is 49.3. The lowest BCUT2D eigenvalue weighted by molar-refractivity contribution is -0.198. The summed E-state index contributed by atoms with van der Waals surface area (Å²) in [5.41, 5.74) is 3.50. The minimum atomic E-state index is -4.85. The minimum absolute atomic E-state index is 0.310. The molecule has 1 rings (SSSR count). The number of nitrogens with one attached hydrogen (secondary N) is 1. The average molecular weight is 282 g/mol. The van der Waals surface area contributed by atoms with Crippen molar-refractivity contribution in [3.8, 4) is 0 Å². The van der Waals surface area contributed by atoms with Gasteiger partial charge in [-0.2, -0.15) is 13.2 Å². The molecule has 0 aromatic heterocycles. The highest BCUT2D eigenvalue weighted by Crippen LogP contribution is 2.26. The Morgan fingerprint density at radius 2 is 2.00 bits per heavy atom. The number of hydrogen-bond acceptors (Lipinski definition) is 4. The molecule has 0 saturated carbocycles. The summed E-state index contributed by atoms with van der Waals surface area (Å²) in [5, 5.41) is 19.7. The Morgan fingerprint density at radius 3 is 2.47 bits per heavy atom. The summed E-state index contributed by atoms with van der Waals surface area (Å²) in [5.74, 6) is -2.60. The van der Waals surface area contributed by atoms with Gasteiger partial charge in [-0.05, 0) is 12.1 Å². The number of aliphatic hydroxyl groups is 1. The molecule has 9 heteroatoms. The number of carbonyl (C=O) groups is 1. The fraction of sp³-hybridized carbons (Fsp3) is 0.300. The standard InChI is InChI=1S/C10H10F4N2O3/c11-4-1-2-5(7(8(4)15)9(18)19)16-3-6(17)10(12,13)14/h1-2,6,16-17H,3,15H2,(H,18,19). The molecule has 0 aliphatic rings. The van der Waals surface area contributed by atoms with Crippen LogP contribution in [0.3, 0.4) is 0 Å². The van der Waals surface area contributed by atoms with Gasteiger partial charge in [-0.15, -0.1) is 0 Å². The molecule has 0 bridgehead atoms. The topological polar surface area (TPSA) is 95.6 Å². The molecule has 0 aliphatic carbocycles. The van der Waals surface area contributed by atoms with Crippen molar-refractivity contribution >= 4 is 17.3 Å². The average Bonchev–Trinajstić information content (AvgIpc) is 2.28. The number of benzene rings is 1. The van der Waals surface area contributed by atoms with Gasteiger partial charge in [0.2, 0.25) is 0 Å². The molecule has 1 atom stereocenters. The van der Waals surface area contributed by atoms with Crippen LogP contribution in [0, 0.1) is 5.82 Å². The molecule has 1 aromatic carbocycles. The SMILES string of the molecule is Nc1c(F)ccc(NCC(O)C(F)(F)F)c1C(=O)O. The molecule has 0 heterocycles. The highest BCUT2D eigenvalue weighted by atomic mass is 19.4. The van der Waals surface area contributed by atoms with Crippen molar-refractivity contribution in [1.82, 2.24) is 0 Å². The van der Waals surface area contributed by atoms with Gasteiger partial charge in [0.1, 0.15) is 11.4 Å². The zero-order chi connectivity index (χ0) is 14.8. The Balaban J connectivity index is 2.97. The number of anilines is 2. The maximum absolute atomic E-state index is 13.1. The minimum Gasteiger partial charge on any atom is -0.478 e. The van der Waals surface area contributed by atoms with E-state index in [0.717, 1.165) is 12.1 Å². The van der Waals surface area contributed by atoms with Crippen LogP contribution in [0.25, 0.3) is 0 Å². The van der Waals surface area contributed by atoms with Crippen LogP contribution in [-0.2, 0) is 0 Å². The van der Waals surface area contributed by atoms with Crippen molar-refractivity contribution in [2.24, 2.45) is 0 Å². The van der Waals surface area contributed by atoms with Crippen LogP contribution in [0.5, 0.6) is 0 Å². The fourth-order valence-electron chi connectivity index (χ4n) is 1.29. The normalized spacial score (nSPS) is 13.1. The first kappa shape index (κ1) is 15.0. The van der Waals surface area contributed by atoms with E-state index in [9.17, 15) is 22.4 Å². The molecule has 0 fully saturated rings. The van der Waals surface area contributed by atoms with Gasteiger partial charge in [-0.1, -0.05) is 0 Å². The first-order valence-corrected chi connectivity index (χ1v) is 4.94. The molecule has 1 aromatic rings. The van der Waals surface area contributed by atoms with E-state index in [1.165, 1.54) is 0 Å². The molecule has 0 spiro atoms. The van der Waals surface area contributed by atoms with Crippen LogP contribution < -0.4 is 11.1 Å². The molecular weight excluding hydrogens is 272 g/mol. The first-order chi connectivity index (χ1) is 8.64. The van der Waals surface area contributed by atoms with E-state index in [1.807, 2.05) is 0 Å². The number of aliphatic hydroxyl groups excluding tert-OH is 1. The molecule has 0 amide bonds. The lowest BCUT2D eigenvalue weighted by atomic mass is 10.1. The van der Waals surface area contributed by atoms with E-state index < -0.39 is 41.9 Å². The Hall–Kier alpha value is -2.03. The molecule has 0 radical (unpaired) electrons. The van der Waals surface area contributed by atoms with Crippen molar-refractivity contribution in [3.05, 3.63) is 23.5 Å². The van der Waals surface area contributed by atoms with Crippen molar-refractivity contribution in [3.63, 3.8) is 0 Å². The summed E-state index contributed by atoms with van der Waals surface area (Å²) in [6.45, 7) is -0.977. The van der Waals surface area contributed by atoms with Crippen molar-refractivity contribution < 1.29 is 32.6 Å². The Bertz CT molecular complexity index is 490. The van der Waals surface area contributed by atoms with Crippen LogP contribution in [0.4, 0.5) is 28.9 Å². The maximum Gasteiger partial charge on any atom is 0.416 e. The molecule has 5 N–H and O–H groups in total. The first-order valence-electron chi connectivity index (χ1n) is 4.94. The van der Waals surface area contributed by atoms with E-state index in [2.05, 4.69) is 5.32 Å². The molecule has 5 nitrogen and oxygen atoms in total. The van der Waals surface area contributed by atoms with E-state index in [0.29, 0.717) is 0 Å². The zero-order valence-corrected chi connectivity index (χ0v) is 9.33. The zero-order valence-electron chi connectivity index (χ0n) is 9.33. The van der Waals surface area contributed by atoms with Gasteiger partial charge in [-0.3, -0.25) is 0 Å². The Kier molecular flexibility index (Phi) is 4.20. The molecule has 1 unspecified atom stereocenters. The number of nitrogens with two attached hydrogens (primary N) is 1. The van der Waals surface area contributed by atoms with Crippen LogP contribution >= 0.6 is 0 Å². The van der Waals surface area contributed by atoms with Gasteiger partial charge >= 0.3 is 12.1 Å². The van der Waals surface area contributed by atoms with Crippen LogP contribution in [-0.4, -0.2) is 35.0 Å². The Morgan fingerprint density at radius 1 is 1.42 bits per heavy atom. The second kappa shape index (κ2) is 5.31. The summed E-state index contributed by atoms with van der Waals surface area (Å²) in [6.07, 6.45) is -7.53. The quantitative estimate of drug-likeness (QED) is 0.495. The number of aromatic carboxylic acids is 1. The van der Waals surface area contributed by atoms with E-state index in [-0.39, 0.29) is 5.69 Å². The third-order valence-corrected chi connectivity index (χ3v) is 2.27. The van der Waals surface area contributed by atoms with Crippen LogP contribution in [0.15, 0.2) is 12.1 Å².